The first-order chi connectivity index (χ1) is 8.54. The van der Waals surface area contributed by atoms with Gasteiger partial charge in [0.2, 0.25) is 5.82 Å². The maximum absolute atomic E-state index is 8.88. The molecule has 0 saturated heterocycles. The Labute approximate surface area is 107 Å². The molecule has 0 bridgehead atoms. The molecule has 0 fully saturated rings. The number of benzene rings is 1. The van der Waals surface area contributed by atoms with E-state index in [-0.39, 0.29) is 5.82 Å². The summed E-state index contributed by atoms with van der Waals surface area (Å²) in [5, 5.41) is 8.88. The lowest BCUT2D eigenvalue weighted by molar-refractivity contribution is 1.11. The van der Waals surface area contributed by atoms with E-state index < -0.39 is 0 Å². The monoisotopic (exact) mass is 237 g/mol. The van der Waals surface area contributed by atoms with E-state index in [9.17, 15) is 0 Å². The van der Waals surface area contributed by atoms with E-state index in [1.54, 1.807) is 6.20 Å². The van der Waals surface area contributed by atoms with Gasteiger partial charge in [0, 0.05) is 11.8 Å². The smallest absolute Gasteiger partial charge is 0.227 e. The summed E-state index contributed by atoms with van der Waals surface area (Å²) in [7, 11) is 0. The largest absolute Gasteiger partial charge is 0.232 e. The van der Waals surface area contributed by atoms with Crippen LogP contribution in [0.2, 0.25) is 0 Å². The summed E-state index contributed by atoms with van der Waals surface area (Å²) in [6.45, 7) is 8.37. The second kappa shape index (κ2) is 4.58. The fourth-order valence-corrected chi connectivity index (χ4v) is 2.15. The van der Waals surface area contributed by atoms with Gasteiger partial charge in [0.05, 0.1) is 5.69 Å². The van der Waals surface area contributed by atoms with Gasteiger partial charge in [-0.3, -0.25) is 0 Å². The van der Waals surface area contributed by atoms with Crippen molar-refractivity contribution in [3.8, 4) is 17.3 Å². The summed E-state index contributed by atoms with van der Waals surface area (Å²) < 4.78 is 0. The van der Waals surface area contributed by atoms with E-state index >= 15 is 0 Å². The Morgan fingerprint density at radius 2 is 1.67 bits per heavy atom. The standard InChI is InChI=1S/C15H15N3/c1-9-7-10(2)12(4)15(11(9)3)13-5-6-17-14(8-16)18-13/h5-7H,1-4H3. The first-order valence-corrected chi connectivity index (χ1v) is 5.85. The van der Waals surface area contributed by atoms with Crippen molar-refractivity contribution in [3.05, 3.63) is 46.4 Å². The van der Waals surface area contributed by atoms with Gasteiger partial charge in [-0.05, 0) is 56.0 Å². The number of hydrogen-bond donors (Lipinski definition) is 0. The molecule has 0 radical (unpaired) electrons. The summed E-state index contributed by atoms with van der Waals surface area (Å²) >= 11 is 0. The molecule has 3 nitrogen and oxygen atoms in total. The molecule has 1 aromatic heterocycles. The Morgan fingerprint density at radius 1 is 1.06 bits per heavy atom. The summed E-state index contributed by atoms with van der Waals surface area (Å²) in [6.07, 6.45) is 1.64. The van der Waals surface area contributed by atoms with Crippen LogP contribution in [0.15, 0.2) is 18.3 Å². The zero-order valence-electron chi connectivity index (χ0n) is 11.1. The normalized spacial score (nSPS) is 10.2. The number of nitrogens with zero attached hydrogens (tertiary/aromatic N) is 3. The van der Waals surface area contributed by atoms with Crippen molar-refractivity contribution in [2.75, 3.05) is 0 Å². The van der Waals surface area contributed by atoms with Crippen LogP contribution in [0.25, 0.3) is 11.3 Å². The third kappa shape index (κ3) is 1.98. The molecular weight excluding hydrogens is 222 g/mol. The molecule has 2 aromatic rings. The SMILES string of the molecule is Cc1cc(C)c(C)c(-c2ccnc(C#N)n2)c1C. The van der Waals surface area contributed by atoms with Crippen LogP contribution in [-0.2, 0) is 0 Å². The first kappa shape index (κ1) is 12.3. The van der Waals surface area contributed by atoms with Crippen molar-refractivity contribution in [2.45, 2.75) is 27.7 Å². The van der Waals surface area contributed by atoms with E-state index in [2.05, 4.69) is 43.7 Å². The predicted molar refractivity (Wildman–Crippen MR) is 71.1 cm³/mol. The highest BCUT2D eigenvalue weighted by atomic mass is 14.9. The van der Waals surface area contributed by atoms with Crippen LogP contribution >= 0.6 is 0 Å². The Morgan fingerprint density at radius 3 is 2.22 bits per heavy atom. The lowest BCUT2D eigenvalue weighted by Gasteiger charge is -2.14. The van der Waals surface area contributed by atoms with Gasteiger partial charge in [-0.25, -0.2) is 9.97 Å². The van der Waals surface area contributed by atoms with Crippen LogP contribution in [0.5, 0.6) is 0 Å². The zero-order chi connectivity index (χ0) is 13.3. The molecule has 0 saturated carbocycles. The Hall–Kier alpha value is -2.21. The van der Waals surface area contributed by atoms with Gasteiger partial charge in [0.1, 0.15) is 6.07 Å². The maximum Gasteiger partial charge on any atom is 0.232 e. The summed E-state index contributed by atoms with van der Waals surface area (Å²) in [5.41, 5.74) is 6.84. The van der Waals surface area contributed by atoms with E-state index in [1.165, 1.54) is 22.3 Å². The van der Waals surface area contributed by atoms with Crippen molar-refractivity contribution >= 4 is 0 Å². The fraction of sp³-hybridized carbons (Fsp3) is 0.267. The molecule has 0 N–H and O–H groups in total. The third-order valence-corrected chi connectivity index (χ3v) is 3.38. The molecular formula is C15H15N3. The van der Waals surface area contributed by atoms with Crippen LogP contribution < -0.4 is 0 Å². The summed E-state index contributed by atoms with van der Waals surface area (Å²) in [4.78, 5) is 8.21. The van der Waals surface area contributed by atoms with Crippen LogP contribution in [0.3, 0.4) is 0 Å². The molecule has 90 valence electrons. The average molecular weight is 237 g/mol. The first-order valence-electron chi connectivity index (χ1n) is 5.85. The number of aryl methyl sites for hydroxylation is 2. The molecule has 0 unspecified atom stereocenters. The molecule has 0 atom stereocenters. The van der Waals surface area contributed by atoms with E-state index in [4.69, 9.17) is 5.26 Å². The fourth-order valence-electron chi connectivity index (χ4n) is 2.15. The third-order valence-electron chi connectivity index (χ3n) is 3.38. The van der Waals surface area contributed by atoms with Crippen molar-refractivity contribution in [1.82, 2.24) is 9.97 Å². The number of rotatable bonds is 1. The van der Waals surface area contributed by atoms with Crippen molar-refractivity contribution in [2.24, 2.45) is 0 Å². The van der Waals surface area contributed by atoms with Gasteiger partial charge >= 0.3 is 0 Å². The average Bonchev–Trinajstić information content (AvgIpc) is 2.37. The highest BCUT2D eigenvalue weighted by molar-refractivity contribution is 5.70. The Bertz CT molecular complexity index is 625. The molecule has 0 aliphatic carbocycles. The summed E-state index contributed by atoms with van der Waals surface area (Å²) in [6, 6.07) is 6.02. The topological polar surface area (TPSA) is 49.6 Å². The second-order valence-corrected chi connectivity index (χ2v) is 4.51. The quantitative estimate of drug-likeness (QED) is 0.765. The van der Waals surface area contributed by atoms with Crippen LogP contribution in [-0.4, -0.2) is 9.97 Å². The Balaban J connectivity index is 2.75. The van der Waals surface area contributed by atoms with Crippen LogP contribution in [0.1, 0.15) is 28.1 Å². The summed E-state index contributed by atoms with van der Waals surface area (Å²) in [5.74, 6) is 0.213. The van der Waals surface area contributed by atoms with Gasteiger partial charge in [-0.1, -0.05) is 6.07 Å². The number of hydrogen-bond acceptors (Lipinski definition) is 3. The van der Waals surface area contributed by atoms with Crippen molar-refractivity contribution < 1.29 is 0 Å². The molecule has 1 heterocycles. The van der Waals surface area contributed by atoms with Crippen molar-refractivity contribution in [1.29, 1.82) is 5.26 Å². The highest BCUT2D eigenvalue weighted by Crippen LogP contribution is 2.30. The minimum absolute atomic E-state index is 0.213. The minimum Gasteiger partial charge on any atom is -0.227 e. The predicted octanol–water partition coefficient (Wildman–Crippen LogP) is 3.25. The molecule has 2 rings (SSSR count). The molecule has 1 aromatic carbocycles. The lowest BCUT2D eigenvalue weighted by Crippen LogP contribution is -1.98. The van der Waals surface area contributed by atoms with Gasteiger partial charge < -0.3 is 0 Å². The lowest BCUT2D eigenvalue weighted by atomic mass is 9.92. The van der Waals surface area contributed by atoms with E-state index in [0.717, 1.165) is 11.3 Å². The molecule has 0 aliphatic heterocycles. The number of nitriles is 1. The maximum atomic E-state index is 8.88. The number of aromatic nitrogens is 2. The second-order valence-electron chi connectivity index (χ2n) is 4.51. The van der Waals surface area contributed by atoms with Gasteiger partial charge in [-0.15, -0.1) is 0 Å². The van der Waals surface area contributed by atoms with Gasteiger partial charge in [0.15, 0.2) is 0 Å². The molecule has 18 heavy (non-hydrogen) atoms. The molecule has 0 aliphatic rings. The van der Waals surface area contributed by atoms with Crippen molar-refractivity contribution in [3.63, 3.8) is 0 Å². The van der Waals surface area contributed by atoms with Crippen LogP contribution in [0, 0.1) is 39.0 Å². The zero-order valence-corrected chi connectivity index (χ0v) is 11.1. The van der Waals surface area contributed by atoms with Gasteiger partial charge in [0.25, 0.3) is 0 Å². The molecule has 3 heteroatoms. The molecule has 0 spiro atoms. The Kier molecular flexibility index (Phi) is 3.12. The molecule has 0 amide bonds. The van der Waals surface area contributed by atoms with Crippen LogP contribution in [0.4, 0.5) is 0 Å². The van der Waals surface area contributed by atoms with Gasteiger partial charge in [-0.2, -0.15) is 5.26 Å². The van der Waals surface area contributed by atoms with E-state index in [1.807, 2.05) is 12.1 Å². The van der Waals surface area contributed by atoms with E-state index in [0.29, 0.717) is 0 Å². The highest BCUT2D eigenvalue weighted by Gasteiger charge is 2.12. The minimum atomic E-state index is 0.213.